The minimum absolute atomic E-state index is 0. The van der Waals surface area contributed by atoms with Gasteiger partial charge in [0, 0.05) is 0 Å². The zero-order valence-corrected chi connectivity index (χ0v) is 12.9. The molecule has 15 heavy (non-hydrogen) atoms. The Morgan fingerprint density at radius 3 is 1.67 bits per heavy atom. The first kappa shape index (κ1) is 17.8. The van der Waals surface area contributed by atoms with Crippen LogP contribution >= 0.6 is 0 Å². The molecule has 1 nitrogen and oxygen atoms in total. The monoisotopic (exact) mass is 248 g/mol. The van der Waals surface area contributed by atoms with E-state index in [1.807, 2.05) is 0 Å². The fraction of sp³-hybridized carbons (Fsp3) is 1.00. The van der Waals surface area contributed by atoms with Crippen LogP contribution in [0.5, 0.6) is 0 Å². The standard InChI is InChI=1S/C11H28OSi2.CH4/c1-7-9-11-14(5,6)12-13(3,4)10-8-2;/h7-11H2,1-6H3;1H4. The molecule has 0 spiro atoms. The molecule has 0 rings (SSSR count). The summed E-state index contributed by atoms with van der Waals surface area (Å²) in [6.07, 6.45) is 3.92. The first-order valence-corrected chi connectivity index (χ1v) is 12.3. The molecule has 0 aromatic rings. The second-order valence-corrected chi connectivity index (χ2v) is 14.3. The summed E-state index contributed by atoms with van der Waals surface area (Å²) in [5, 5.41) is 0. The molecule has 0 aromatic heterocycles. The molecular formula is C12H32OSi2. The van der Waals surface area contributed by atoms with E-state index in [4.69, 9.17) is 4.12 Å². The van der Waals surface area contributed by atoms with E-state index in [0.717, 1.165) is 0 Å². The van der Waals surface area contributed by atoms with Crippen LogP contribution in [-0.2, 0) is 4.12 Å². The maximum Gasteiger partial charge on any atom is 0.173 e. The molecule has 0 unspecified atom stereocenters. The van der Waals surface area contributed by atoms with Gasteiger partial charge >= 0.3 is 0 Å². The van der Waals surface area contributed by atoms with Crippen molar-refractivity contribution in [2.75, 3.05) is 0 Å². The van der Waals surface area contributed by atoms with E-state index in [9.17, 15) is 0 Å². The molecule has 0 N–H and O–H groups in total. The summed E-state index contributed by atoms with van der Waals surface area (Å²) in [5.74, 6) is 0. The third-order valence-electron chi connectivity index (χ3n) is 2.54. The van der Waals surface area contributed by atoms with Crippen molar-refractivity contribution in [3.05, 3.63) is 0 Å². The molecular weight excluding hydrogens is 216 g/mol. The van der Waals surface area contributed by atoms with Crippen LogP contribution in [0.25, 0.3) is 0 Å². The van der Waals surface area contributed by atoms with Gasteiger partial charge in [-0.05, 0) is 38.3 Å². The molecule has 0 saturated heterocycles. The van der Waals surface area contributed by atoms with Gasteiger partial charge < -0.3 is 4.12 Å². The van der Waals surface area contributed by atoms with Crippen LogP contribution in [-0.4, -0.2) is 16.6 Å². The van der Waals surface area contributed by atoms with Crippen molar-refractivity contribution in [3.63, 3.8) is 0 Å². The van der Waals surface area contributed by atoms with E-state index in [1.165, 1.54) is 31.4 Å². The van der Waals surface area contributed by atoms with Crippen LogP contribution in [0.2, 0.25) is 38.3 Å². The number of rotatable bonds is 7. The summed E-state index contributed by atoms with van der Waals surface area (Å²) in [6.45, 7) is 14.0. The predicted octanol–water partition coefficient (Wildman–Crippen LogP) is 5.26. The molecule has 0 heterocycles. The van der Waals surface area contributed by atoms with E-state index in [0.29, 0.717) is 0 Å². The summed E-state index contributed by atoms with van der Waals surface area (Å²) in [5.41, 5.74) is 0. The molecule has 0 radical (unpaired) electrons. The Labute approximate surface area is 99.9 Å². The van der Waals surface area contributed by atoms with Crippen molar-refractivity contribution in [2.24, 2.45) is 0 Å². The summed E-state index contributed by atoms with van der Waals surface area (Å²) >= 11 is 0. The van der Waals surface area contributed by atoms with Gasteiger partial charge in [0.15, 0.2) is 16.6 Å². The van der Waals surface area contributed by atoms with E-state index >= 15 is 0 Å². The quantitative estimate of drug-likeness (QED) is 0.558. The fourth-order valence-electron chi connectivity index (χ4n) is 2.05. The molecule has 0 aliphatic rings. The van der Waals surface area contributed by atoms with Gasteiger partial charge in [0.05, 0.1) is 0 Å². The molecule has 0 aliphatic heterocycles. The van der Waals surface area contributed by atoms with Gasteiger partial charge in [-0.2, -0.15) is 0 Å². The first-order chi connectivity index (χ1) is 6.33. The van der Waals surface area contributed by atoms with E-state index < -0.39 is 16.6 Å². The van der Waals surface area contributed by atoms with Gasteiger partial charge in [0.2, 0.25) is 0 Å². The molecule has 3 heteroatoms. The molecule has 0 amide bonds. The second-order valence-electron chi connectivity index (χ2n) is 5.48. The molecule has 0 saturated carbocycles. The van der Waals surface area contributed by atoms with Crippen LogP contribution in [0.1, 0.15) is 40.5 Å². The Hall–Kier alpha value is 0.394. The Balaban J connectivity index is 0. The van der Waals surface area contributed by atoms with Crippen LogP contribution in [0.15, 0.2) is 0 Å². The maximum atomic E-state index is 6.45. The highest BCUT2D eigenvalue weighted by molar-refractivity contribution is 6.84. The van der Waals surface area contributed by atoms with Gasteiger partial charge in [-0.15, -0.1) is 0 Å². The molecule has 0 bridgehead atoms. The summed E-state index contributed by atoms with van der Waals surface area (Å²) < 4.78 is 6.45. The lowest BCUT2D eigenvalue weighted by Crippen LogP contribution is -2.44. The Morgan fingerprint density at radius 2 is 1.27 bits per heavy atom. The van der Waals surface area contributed by atoms with Crippen LogP contribution in [0, 0.1) is 0 Å². The molecule has 0 fully saturated rings. The number of unbranched alkanes of at least 4 members (excludes halogenated alkanes) is 1. The highest BCUT2D eigenvalue weighted by atomic mass is 28.4. The number of hydrogen-bond acceptors (Lipinski definition) is 1. The van der Waals surface area contributed by atoms with E-state index in [-0.39, 0.29) is 7.43 Å². The smallest absolute Gasteiger partial charge is 0.173 e. The van der Waals surface area contributed by atoms with Crippen LogP contribution < -0.4 is 0 Å². The van der Waals surface area contributed by atoms with E-state index in [2.05, 4.69) is 40.0 Å². The van der Waals surface area contributed by atoms with Gasteiger partial charge in [-0.25, -0.2) is 0 Å². The first-order valence-electron chi connectivity index (χ1n) is 6.03. The van der Waals surface area contributed by atoms with Crippen molar-refractivity contribution in [1.82, 2.24) is 0 Å². The Bertz CT molecular complexity index is 156. The largest absolute Gasteiger partial charge is 0.455 e. The van der Waals surface area contributed by atoms with Crippen LogP contribution in [0.4, 0.5) is 0 Å². The minimum atomic E-state index is -1.34. The Kier molecular flexibility index (Phi) is 9.05. The van der Waals surface area contributed by atoms with Gasteiger partial charge in [-0.3, -0.25) is 0 Å². The molecule has 0 aliphatic carbocycles. The van der Waals surface area contributed by atoms with Crippen LogP contribution in [0.3, 0.4) is 0 Å². The SMILES string of the molecule is C.CCCC[Si](C)(C)O[Si](C)(C)CCC. The maximum absolute atomic E-state index is 6.45. The van der Waals surface area contributed by atoms with Crippen molar-refractivity contribution in [3.8, 4) is 0 Å². The van der Waals surface area contributed by atoms with Crippen molar-refractivity contribution >= 4 is 16.6 Å². The average molecular weight is 249 g/mol. The van der Waals surface area contributed by atoms with E-state index in [1.54, 1.807) is 0 Å². The lowest BCUT2D eigenvalue weighted by molar-refractivity contribution is 0.531. The molecule has 94 valence electrons. The van der Waals surface area contributed by atoms with Gasteiger partial charge in [0.25, 0.3) is 0 Å². The third-order valence-corrected chi connectivity index (χ3v) is 10.2. The second kappa shape index (κ2) is 7.63. The predicted molar refractivity (Wildman–Crippen MR) is 77.6 cm³/mol. The average Bonchev–Trinajstić information content (AvgIpc) is 1.98. The zero-order valence-electron chi connectivity index (χ0n) is 10.9. The van der Waals surface area contributed by atoms with Crippen molar-refractivity contribution in [2.45, 2.75) is 78.8 Å². The van der Waals surface area contributed by atoms with Gasteiger partial charge in [0.1, 0.15) is 0 Å². The zero-order chi connectivity index (χ0) is 11.2. The fourth-order valence-corrected chi connectivity index (χ4v) is 11.3. The Morgan fingerprint density at radius 1 is 0.800 bits per heavy atom. The number of hydrogen-bond donors (Lipinski definition) is 0. The normalized spacial score (nSPS) is 12.4. The highest BCUT2D eigenvalue weighted by Crippen LogP contribution is 2.23. The lowest BCUT2D eigenvalue weighted by atomic mass is 10.4. The summed E-state index contributed by atoms with van der Waals surface area (Å²) in [7, 11) is -2.66. The minimum Gasteiger partial charge on any atom is -0.455 e. The topological polar surface area (TPSA) is 9.23 Å². The van der Waals surface area contributed by atoms with Crippen molar-refractivity contribution < 1.29 is 4.12 Å². The highest BCUT2D eigenvalue weighted by Gasteiger charge is 2.31. The lowest BCUT2D eigenvalue weighted by Gasteiger charge is -2.34. The summed E-state index contributed by atoms with van der Waals surface area (Å²) in [4.78, 5) is 0. The molecule has 0 atom stereocenters. The van der Waals surface area contributed by atoms with Crippen molar-refractivity contribution in [1.29, 1.82) is 0 Å². The van der Waals surface area contributed by atoms with Gasteiger partial charge in [-0.1, -0.05) is 40.5 Å². The third kappa shape index (κ3) is 9.33. The molecule has 0 aromatic carbocycles. The summed E-state index contributed by atoms with van der Waals surface area (Å²) in [6, 6.07) is 2.65.